The molecule has 0 saturated carbocycles. The lowest BCUT2D eigenvalue weighted by Crippen LogP contribution is -2.66. The first-order valence-corrected chi connectivity index (χ1v) is 11.5. The van der Waals surface area contributed by atoms with Crippen molar-refractivity contribution in [3.05, 3.63) is 0 Å². The molecule has 0 aromatic heterocycles. The zero-order chi connectivity index (χ0) is 28.0. The second-order valence-electron chi connectivity index (χ2n) is 8.84. The van der Waals surface area contributed by atoms with Gasteiger partial charge in [0.2, 0.25) is 5.91 Å². The van der Waals surface area contributed by atoms with Crippen molar-refractivity contribution < 1.29 is 79.9 Å². The summed E-state index contributed by atoms with van der Waals surface area (Å²) in [4.78, 5) is 11.6. The van der Waals surface area contributed by atoms with Crippen LogP contribution in [-0.2, 0) is 23.7 Å². The van der Waals surface area contributed by atoms with E-state index in [4.69, 9.17) is 18.9 Å². The smallest absolute Gasteiger partial charge is 0.217 e. The predicted octanol–water partition coefficient (Wildman–Crippen LogP) is -7.79. The average Bonchev–Trinajstić information content (AvgIpc) is 2.88. The van der Waals surface area contributed by atoms with Gasteiger partial charge in [0.1, 0.15) is 67.1 Å². The Morgan fingerprint density at radius 3 is 1.89 bits per heavy atom. The average molecular weight is 548 g/mol. The highest BCUT2D eigenvalue weighted by molar-refractivity contribution is 5.73. The summed E-state index contributed by atoms with van der Waals surface area (Å²) in [6.45, 7) is -2.34. The van der Waals surface area contributed by atoms with Crippen LogP contribution >= 0.6 is 0 Å². The summed E-state index contributed by atoms with van der Waals surface area (Å²) in [5.74, 6) is -0.670. The van der Waals surface area contributed by atoms with Gasteiger partial charge in [-0.05, 0) is 0 Å². The lowest BCUT2D eigenvalue weighted by molar-refractivity contribution is -0.367. The minimum absolute atomic E-state index is 0.670. The van der Waals surface area contributed by atoms with Crippen molar-refractivity contribution in [3.8, 4) is 0 Å². The Hall–Kier alpha value is -1.13. The van der Waals surface area contributed by atoms with Gasteiger partial charge in [-0.2, -0.15) is 0 Å². The van der Waals surface area contributed by atoms with E-state index in [2.05, 4.69) is 5.32 Å². The van der Waals surface area contributed by atoms with Crippen LogP contribution in [0.5, 0.6) is 0 Å². The maximum absolute atomic E-state index is 11.6. The highest BCUT2D eigenvalue weighted by Crippen LogP contribution is 2.30. The van der Waals surface area contributed by atoms with Crippen LogP contribution in [0.25, 0.3) is 0 Å². The lowest BCUT2D eigenvalue weighted by Gasteiger charge is -2.47. The molecule has 0 spiro atoms. The zero-order valence-electron chi connectivity index (χ0n) is 19.9. The molecule has 17 nitrogen and oxygen atoms in total. The number of carbonyl (C=O) groups is 1. The number of aliphatic hydroxyl groups excluding tert-OH is 11. The van der Waals surface area contributed by atoms with E-state index in [-0.39, 0.29) is 0 Å². The van der Waals surface area contributed by atoms with E-state index in [1.807, 2.05) is 0 Å². The summed E-state index contributed by atoms with van der Waals surface area (Å²) in [7, 11) is 0. The van der Waals surface area contributed by atoms with E-state index >= 15 is 0 Å². The van der Waals surface area contributed by atoms with Gasteiger partial charge in [-0.3, -0.25) is 4.79 Å². The third-order valence-corrected chi connectivity index (χ3v) is 6.15. The van der Waals surface area contributed by atoms with Gasteiger partial charge in [0.05, 0.1) is 32.5 Å². The number of rotatable bonds is 12. The third kappa shape index (κ3) is 7.50. The van der Waals surface area contributed by atoms with Crippen LogP contribution in [0.2, 0.25) is 0 Å². The van der Waals surface area contributed by atoms with Crippen LogP contribution in [0, 0.1) is 0 Å². The number of nitrogens with one attached hydrogen (secondary N) is 1. The van der Waals surface area contributed by atoms with Gasteiger partial charge >= 0.3 is 0 Å². The first kappa shape index (κ1) is 32.1. The molecule has 14 atom stereocenters. The number of aliphatic hydroxyl groups is 11. The molecule has 218 valence electrons. The molecule has 12 N–H and O–H groups in total. The second-order valence-corrected chi connectivity index (χ2v) is 8.84. The van der Waals surface area contributed by atoms with Gasteiger partial charge in [0.15, 0.2) is 12.6 Å². The molecule has 0 bridgehead atoms. The summed E-state index contributed by atoms with van der Waals surface area (Å²) in [6.07, 6.45) is -23.0. The van der Waals surface area contributed by atoms with Gasteiger partial charge in [-0.15, -0.1) is 0 Å². The molecule has 0 aliphatic carbocycles. The molecule has 2 saturated heterocycles. The molecule has 0 aromatic carbocycles. The van der Waals surface area contributed by atoms with Gasteiger partial charge in [-0.1, -0.05) is 0 Å². The number of hydrogen-bond acceptors (Lipinski definition) is 16. The quantitative estimate of drug-likeness (QED) is 0.108. The van der Waals surface area contributed by atoms with E-state index < -0.39 is 118 Å². The number of ether oxygens (including phenoxy) is 4. The second kappa shape index (κ2) is 14.3. The number of hydrogen-bond donors (Lipinski definition) is 12. The molecule has 0 aromatic rings. The zero-order valence-corrected chi connectivity index (χ0v) is 19.9. The van der Waals surface area contributed by atoms with Crippen molar-refractivity contribution in [1.29, 1.82) is 0 Å². The van der Waals surface area contributed by atoms with E-state index in [1.54, 1.807) is 0 Å². The Morgan fingerprint density at radius 1 is 0.811 bits per heavy atom. The summed E-state index contributed by atoms with van der Waals surface area (Å²) >= 11 is 0. The Bertz CT molecular complexity index is 701. The van der Waals surface area contributed by atoms with Crippen LogP contribution in [0.4, 0.5) is 0 Å². The van der Waals surface area contributed by atoms with Crippen LogP contribution in [0.3, 0.4) is 0 Å². The minimum atomic E-state index is -1.98. The van der Waals surface area contributed by atoms with E-state index in [9.17, 15) is 61.0 Å². The van der Waals surface area contributed by atoms with Crippen molar-refractivity contribution in [2.24, 2.45) is 0 Å². The van der Waals surface area contributed by atoms with Crippen LogP contribution in [0.15, 0.2) is 0 Å². The van der Waals surface area contributed by atoms with Crippen molar-refractivity contribution in [2.45, 2.75) is 92.7 Å². The lowest BCUT2D eigenvalue weighted by atomic mass is 9.96. The van der Waals surface area contributed by atoms with Gasteiger partial charge in [0, 0.05) is 6.92 Å². The molecular formula is C20H37NO16. The Kier molecular flexibility index (Phi) is 12.4. The summed E-state index contributed by atoms with van der Waals surface area (Å²) in [6, 6.07) is -1.39. The molecule has 2 fully saturated rings. The van der Waals surface area contributed by atoms with Crippen molar-refractivity contribution in [2.75, 3.05) is 26.4 Å². The minimum Gasteiger partial charge on any atom is -0.394 e. The number of amides is 1. The number of carbonyl (C=O) groups excluding carboxylic acids is 1. The highest BCUT2D eigenvalue weighted by Gasteiger charge is 2.52. The molecular weight excluding hydrogens is 510 g/mol. The summed E-state index contributed by atoms with van der Waals surface area (Å²) in [5, 5.41) is 112. The molecule has 1 amide bonds. The maximum Gasteiger partial charge on any atom is 0.217 e. The monoisotopic (exact) mass is 547 g/mol. The van der Waals surface area contributed by atoms with Gasteiger partial charge in [0.25, 0.3) is 0 Å². The van der Waals surface area contributed by atoms with Crippen LogP contribution in [0.1, 0.15) is 6.92 Å². The van der Waals surface area contributed by atoms with E-state index in [1.165, 1.54) is 0 Å². The van der Waals surface area contributed by atoms with Gasteiger partial charge in [-0.25, -0.2) is 0 Å². The fourth-order valence-electron chi connectivity index (χ4n) is 4.05. The Labute approximate surface area is 211 Å². The molecule has 0 unspecified atom stereocenters. The highest BCUT2D eigenvalue weighted by atomic mass is 16.7. The molecule has 37 heavy (non-hydrogen) atoms. The van der Waals surface area contributed by atoms with Crippen LogP contribution < -0.4 is 5.32 Å². The molecule has 17 heteroatoms. The largest absolute Gasteiger partial charge is 0.394 e. The summed E-state index contributed by atoms with van der Waals surface area (Å²) in [5.41, 5.74) is 0. The van der Waals surface area contributed by atoms with E-state index in [0.29, 0.717) is 0 Å². The first-order valence-electron chi connectivity index (χ1n) is 11.5. The van der Waals surface area contributed by atoms with Crippen molar-refractivity contribution >= 4 is 5.91 Å². The normalized spacial score (nSPS) is 40.0. The maximum atomic E-state index is 11.6. The molecule has 2 aliphatic rings. The predicted molar refractivity (Wildman–Crippen MR) is 115 cm³/mol. The van der Waals surface area contributed by atoms with Gasteiger partial charge < -0.3 is 80.4 Å². The van der Waals surface area contributed by atoms with Crippen molar-refractivity contribution in [1.82, 2.24) is 5.32 Å². The Morgan fingerprint density at radius 2 is 1.38 bits per heavy atom. The molecule has 2 heterocycles. The van der Waals surface area contributed by atoms with Crippen LogP contribution in [-0.4, -0.2) is 174 Å². The molecule has 0 radical (unpaired) electrons. The SMILES string of the molecule is CC(=O)N[C@@H](CO)[C@@H](O[C@@H]1O[C@H](CO)[C@H](O)[C@H](O[C@@H]2O[C@H](CO)[C@H](O)[C@H](O)[C@H]2O)[C@H]1O)[C@@H](O)[C@H](O)CO. The fourth-order valence-corrected chi connectivity index (χ4v) is 4.05. The van der Waals surface area contributed by atoms with Crippen molar-refractivity contribution in [3.63, 3.8) is 0 Å². The molecule has 2 rings (SSSR count). The molecule has 2 aliphatic heterocycles. The standard InChI is InChI=1S/C20H37NO16/c1-6(26)21-7(2-22)17(11(28)8(27)3-23)36-20-16(33)18(13(30)10(5-25)35-20)37-19-15(32)14(31)12(29)9(4-24)34-19/h7-20,22-25,27-33H,2-5H2,1H3,(H,21,26)/t7-,8+,9+,10+,11-,12-,13-,14-,15+,16+,17+,18-,19-,20-/m0/s1. The Balaban J connectivity index is 2.31. The van der Waals surface area contributed by atoms with E-state index in [0.717, 1.165) is 6.92 Å². The topological polar surface area (TPSA) is 289 Å². The third-order valence-electron chi connectivity index (χ3n) is 6.15. The fraction of sp³-hybridized carbons (Fsp3) is 0.950. The first-order chi connectivity index (χ1) is 17.4. The summed E-state index contributed by atoms with van der Waals surface area (Å²) < 4.78 is 21.6.